The Morgan fingerprint density at radius 3 is 2.33 bits per heavy atom. The smallest absolute Gasteiger partial charge is 0.245 e. The molecule has 3 aliphatic rings. The van der Waals surface area contributed by atoms with Gasteiger partial charge in [0.1, 0.15) is 16.2 Å². The number of halogens is 1. The van der Waals surface area contributed by atoms with Gasteiger partial charge in [0.2, 0.25) is 11.8 Å². The standard InChI is InChI=1S/C28H33ClN2O7S/c29-22-8-12-24(13-9-22)37-23-10-6-21(7-11-23)28(19-25(32)30-38-26-3-1-2-17-36-26)14-15-31(16-18-39(28,34)35)27(33)20-4-5-20/h6-13,20,26H,1-5,14-19H2,(H,30,32). The van der Waals surface area contributed by atoms with Gasteiger partial charge in [-0.05, 0) is 74.1 Å². The number of nitrogens with zero attached hydrogens (tertiary/aromatic N) is 1. The maximum atomic E-state index is 13.9. The molecule has 11 heteroatoms. The average molecular weight is 577 g/mol. The molecule has 2 unspecified atom stereocenters. The quantitative estimate of drug-likeness (QED) is 0.465. The fourth-order valence-electron chi connectivity index (χ4n) is 5.14. The van der Waals surface area contributed by atoms with Crippen LogP contribution in [0.4, 0.5) is 0 Å². The predicted octanol–water partition coefficient (Wildman–Crippen LogP) is 4.35. The summed E-state index contributed by atoms with van der Waals surface area (Å²) in [7, 11) is -3.86. The summed E-state index contributed by atoms with van der Waals surface area (Å²) in [6.45, 7) is 0.914. The molecule has 1 N–H and O–H groups in total. The van der Waals surface area contributed by atoms with E-state index in [1.807, 2.05) is 0 Å². The molecule has 2 atom stereocenters. The van der Waals surface area contributed by atoms with E-state index in [2.05, 4.69) is 5.48 Å². The summed E-state index contributed by atoms with van der Waals surface area (Å²) in [5.41, 5.74) is 2.89. The topological polar surface area (TPSA) is 111 Å². The number of ether oxygens (including phenoxy) is 2. The lowest BCUT2D eigenvalue weighted by Gasteiger charge is -2.32. The van der Waals surface area contributed by atoms with Gasteiger partial charge in [-0.3, -0.25) is 9.59 Å². The van der Waals surface area contributed by atoms with Crippen molar-refractivity contribution in [3.05, 3.63) is 59.1 Å². The summed E-state index contributed by atoms with van der Waals surface area (Å²) in [6, 6.07) is 13.6. The molecule has 5 rings (SSSR count). The minimum Gasteiger partial charge on any atom is -0.457 e. The Balaban J connectivity index is 1.39. The van der Waals surface area contributed by atoms with Gasteiger partial charge in [0, 0.05) is 37.1 Å². The number of sulfone groups is 1. The number of carbonyl (C=O) groups is 2. The normalized spacial score (nSPS) is 24.9. The molecule has 39 heavy (non-hydrogen) atoms. The summed E-state index contributed by atoms with van der Waals surface area (Å²) >= 11 is 5.95. The van der Waals surface area contributed by atoms with E-state index < -0.39 is 26.8 Å². The van der Waals surface area contributed by atoms with Crippen molar-refractivity contribution in [2.75, 3.05) is 25.4 Å². The molecular weight excluding hydrogens is 544 g/mol. The monoisotopic (exact) mass is 576 g/mol. The predicted molar refractivity (Wildman–Crippen MR) is 145 cm³/mol. The molecule has 9 nitrogen and oxygen atoms in total. The Morgan fingerprint density at radius 1 is 1.00 bits per heavy atom. The molecule has 0 radical (unpaired) electrons. The Hall–Kier alpha value is -2.66. The highest BCUT2D eigenvalue weighted by Crippen LogP contribution is 2.42. The van der Waals surface area contributed by atoms with Crippen molar-refractivity contribution in [3.8, 4) is 11.5 Å². The van der Waals surface area contributed by atoms with Gasteiger partial charge in [-0.2, -0.15) is 0 Å². The van der Waals surface area contributed by atoms with Crippen LogP contribution in [-0.2, 0) is 33.7 Å². The van der Waals surface area contributed by atoms with Gasteiger partial charge in [0.15, 0.2) is 16.1 Å². The molecule has 2 aromatic carbocycles. The summed E-state index contributed by atoms with van der Waals surface area (Å²) in [5.74, 6) is 0.284. The maximum absolute atomic E-state index is 13.9. The van der Waals surface area contributed by atoms with Crippen molar-refractivity contribution in [1.82, 2.24) is 10.4 Å². The Labute approximate surface area is 233 Å². The van der Waals surface area contributed by atoms with E-state index in [9.17, 15) is 18.0 Å². The van der Waals surface area contributed by atoms with Gasteiger partial charge in [-0.1, -0.05) is 23.7 Å². The van der Waals surface area contributed by atoms with Gasteiger partial charge in [-0.25, -0.2) is 18.7 Å². The van der Waals surface area contributed by atoms with Crippen LogP contribution in [-0.4, -0.2) is 56.9 Å². The third-order valence-corrected chi connectivity index (χ3v) is 10.3. The van der Waals surface area contributed by atoms with E-state index in [0.717, 1.165) is 25.7 Å². The summed E-state index contributed by atoms with van der Waals surface area (Å²) in [6.07, 6.45) is 3.38. The lowest BCUT2D eigenvalue weighted by molar-refractivity contribution is -0.200. The van der Waals surface area contributed by atoms with Gasteiger partial charge in [-0.15, -0.1) is 0 Å². The molecule has 0 aromatic heterocycles. The molecule has 0 spiro atoms. The third kappa shape index (κ3) is 6.57. The first-order valence-electron chi connectivity index (χ1n) is 13.4. The highest BCUT2D eigenvalue weighted by molar-refractivity contribution is 7.92. The zero-order chi connectivity index (χ0) is 27.5. The lowest BCUT2D eigenvalue weighted by Crippen LogP contribution is -2.43. The molecule has 0 bridgehead atoms. The van der Waals surface area contributed by atoms with Crippen LogP contribution in [0.3, 0.4) is 0 Å². The number of hydroxylamine groups is 1. The van der Waals surface area contributed by atoms with Crippen molar-refractivity contribution in [1.29, 1.82) is 0 Å². The van der Waals surface area contributed by atoms with Crippen molar-refractivity contribution in [2.45, 2.75) is 56.0 Å². The van der Waals surface area contributed by atoms with E-state index in [1.165, 1.54) is 0 Å². The molecule has 2 aromatic rings. The van der Waals surface area contributed by atoms with E-state index in [4.69, 9.17) is 25.9 Å². The largest absolute Gasteiger partial charge is 0.457 e. The lowest BCUT2D eigenvalue weighted by atomic mass is 9.90. The van der Waals surface area contributed by atoms with E-state index in [-0.39, 0.29) is 43.5 Å². The highest BCUT2D eigenvalue weighted by Gasteiger charge is 2.49. The fourth-order valence-corrected chi connectivity index (χ4v) is 7.36. The zero-order valence-electron chi connectivity index (χ0n) is 21.6. The first-order chi connectivity index (χ1) is 18.8. The molecule has 2 aliphatic heterocycles. The summed E-state index contributed by atoms with van der Waals surface area (Å²) in [4.78, 5) is 33.0. The molecule has 3 fully saturated rings. The number of carbonyl (C=O) groups excluding carboxylic acids is 2. The van der Waals surface area contributed by atoms with Crippen LogP contribution in [0.5, 0.6) is 11.5 Å². The van der Waals surface area contributed by atoms with Gasteiger partial charge >= 0.3 is 0 Å². The molecule has 210 valence electrons. The zero-order valence-corrected chi connectivity index (χ0v) is 23.2. The number of benzene rings is 2. The van der Waals surface area contributed by atoms with Crippen LogP contribution < -0.4 is 10.2 Å². The van der Waals surface area contributed by atoms with Gasteiger partial charge < -0.3 is 14.4 Å². The molecule has 2 heterocycles. The number of amides is 2. The highest BCUT2D eigenvalue weighted by atomic mass is 35.5. The summed E-state index contributed by atoms with van der Waals surface area (Å²) < 4.78 is 37.6. The molecule has 2 amide bonds. The van der Waals surface area contributed by atoms with Gasteiger partial charge in [0.05, 0.1) is 12.2 Å². The second kappa shape index (κ2) is 11.8. The van der Waals surface area contributed by atoms with E-state index in [0.29, 0.717) is 35.1 Å². The van der Waals surface area contributed by atoms with Crippen LogP contribution in [0, 0.1) is 5.92 Å². The van der Waals surface area contributed by atoms with Crippen molar-refractivity contribution in [3.63, 3.8) is 0 Å². The summed E-state index contributed by atoms with van der Waals surface area (Å²) in [5, 5.41) is 0.588. The molecule has 1 aliphatic carbocycles. The fraction of sp³-hybridized carbons (Fsp3) is 0.500. The first kappa shape index (κ1) is 27.9. The number of nitrogens with one attached hydrogen (secondary N) is 1. The molecular formula is C28H33ClN2O7S. The second-order valence-corrected chi connectivity index (χ2v) is 13.2. The molecule has 1 saturated carbocycles. The minimum absolute atomic E-state index is 0.00468. The van der Waals surface area contributed by atoms with Crippen molar-refractivity contribution >= 4 is 33.3 Å². The molecule has 2 saturated heterocycles. The number of hydrogen-bond donors (Lipinski definition) is 1. The van der Waals surface area contributed by atoms with E-state index >= 15 is 0 Å². The number of rotatable bonds is 8. The SMILES string of the molecule is O=C(CC1(c2ccc(Oc3ccc(Cl)cc3)cc2)CCN(C(=O)C2CC2)CCS1(=O)=O)NOC1CCCCO1. The maximum Gasteiger partial charge on any atom is 0.245 e. The van der Waals surface area contributed by atoms with Crippen molar-refractivity contribution in [2.24, 2.45) is 5.92 Å². The number of hydrogen-bond acceptors (Lipinski definition) is 7. The second-order valence-electron chi connectivity index (χ2n) is 10.4. The van der Waals surface area contributed by atoms with Gasteiger partial charge in [0.25, 0.3) is 0 Å². The van der Waals surface area contributed by atoms with Crippen LogP contribution >= 0.6 is 11.6 Å². The van der Waals surface area contributed by atoms with Crippen LogP contribution in [0.25, 0.3) is 0 Å². The van der Waals surface area contributed by atoms with Crippen molar-refractivity contribution < 1.29 is 32.3 Å². The van der Waals surface area contributed by atoms with Crippen LogP contribution in [0.15, 0.2) is 48.5 Å². The Bertz CT molecular complexity index is 1280. The van der Waals surface area contributed by atoms with Crippen LogP contribution in [0.2, 0.25) is 5.02 Å². The van der Waals surface area contributed by atoms with Crippen LogP contribution in [0.1, 0.15) is 50.5 Å². The first-order valence-corrected chi connectivity index (χ1v) is 15.4. The van der Waals surface area contributed by atoms with E-state index in [1.54, 1.807) is 53.4 Å². The Kier molecular flexibility index (Phi) is 8.46. The third-order valence-electron chi connectivity index (χ3n) is 7.57. The Morgan fingerprint density at radius 2 is 1.69 bits per heavy atom. The minimum atomic E-state index is -3.86. The average Bonchev–Trinajstić information content (AvgIpc) is 3.79.